The molecule has 0 saturated heterocycles. The van der Waals surface area contributed by atoms with Crippen LogP contribution in [0.2, 0.25) is 5.02 Å². The van der Waals surface area contributed by atoms with Gasteiger partial charge in [0, 0.05) is 64.0 Å². The normalized spacial score (nSPS) is 10.9. The van der Waals surface area contributed by atoms with Gasteiger partial charge in [-0.1, -0.05) is 11.6 Å². The predicted octanol–water partition coefficient (Wildman–Crippen LogP) is 6.89. The van der Waals surface area contributed by atoms with Gasteiger partial charge >= 0.3 is 0 Å². The molecule has 0 aliphatic heterocycles. The summed E-state index contributed by atoms with van der Waals surface area (Å²) in [6.07, 6.45) is 12.3. The Hall–Kier alpha value is -5.35. The average Bonchev–Trinajstić information content (AvgIpc) is 3.37. The molecule has 0 atom stereocenters. The highest BCUT2D eigenvalue weighted by molar-refractivity contribution is 6.33. The van der Waals surface area contributed by atoms with Crippen molar-refractivity contribution < 1.29 is 8.78 Å². The van der Waals surface area contributed by atoms with Gasteiger partial charge in [-0.15, -0.1) is 0 Å². The number of nitrogens with two attached hydrogens (primary N) is 1. The van der Waals surface area contributed by atoms with Crippen LogP contribution in [0.3, 0.4) is 0 Å². The minimum Gasteiger partial charge on any atom is -0.383 e. The Kier molecular flexibility index (Phi) is 6.97. The van der Waals surface area contributed by atoms with Gasteiger partial charge in [0.15, 0.2) is 0 Å². The predicted molar refractivity (Wildman–Crippen MR) is 155 cm³/mol. The van der Waals surface area contributed by atoms with E-state index in [1.54, 1.807) is 37.1 Å². The van der Waals surface area contributed by atoms with Crippen LogP contribution in [0.5, 0.6) is 0 Å². The van der Waals surface area contributed by atoms with Gasteiger partial charge in [0.1, 0.15) is 23.1 Å². The first-order chi connectivity index (χ1) is 20.0. The molecule has 0 unspecified atom stereocenters. The van der Waals surface area contributed by atoms with Gasteiger partial charge in [0.2, 0.25) is 0 Å². The Balaban J connectivity index is 0.000000148. The van der Waals surface area contributed by atoms with Crippen LogP contribution >= 0.6 is 11.6 Å². The SMILES string of the molecule is Fc1cnc2[nH]c3cnc(-c4cccnc4)cc3c2c1.Nc1ncc(F)cc1-c1cc(-c2cccnc2)ncc1Cl. The van der Waals surface area contributed by atoms with Crippen molar-refractivity contribution in [3.8, 4) is 33.6 Å². The molecule has 41 heavy (non-hydrogen) atoms. The van der Waals surface area contributed by atoms with Crippen LogP contribution in [0.25, 0.3) is 55.6 Å². The molecule has 0 aliphatic rings. The molecule has 0 spiro atoms. The molecule has 0 aromatic carbocycles. The molecular formula is C30H19ClF2N8. The Morgan fingerprint density at radius 1 is 0.659 bits per heavy atom. The Morgan fingerprint density at radius 3 is 2.02 bits per heavy atom. The first-order valence-electron chi connectivity index (χ1n) is 12.3. The van der Waals surface area contributed by atoms with Gasteiger partial charge in [-0.3, -0.25) is 19.9 Å². The number of H-pyrrole nitrogens is 1. The van der Waals surface area contributed by atoms with Gasteiger partial charge in [-0.25, -0.2) is 18.7 Å². The van der Waals surface area contributed by atoms with E-state index in [4.69, 9.17) is 17.3 Å². The summed E-state index contributed by atoms with van der Waals surface area (Å²) < 4.78 is 26.8. The summed E-state index contributed by atoms with van der Waals surface area (Å²) in [6, 6.07) is 13.9. The fourth-order valence-electron chi connectivity index (χ4n) is 4.30. The van der Waals surface area contributed by atoms with E-state index in [0.29, 0.717) is 27.5 Å². The van der Waals surface area contributed by atoms with E-state index in [9.17, 15) is 8.78 Å². The number of aromatic amines is 1. The number of halogens is 3. The van der Waals surface area contributed by atoms with Crippen LogP contribution in [0.15, 0.2) is 98.1 Å². The zero-order valence-electron chi connectivity index (χ0n) is 21.1. The fourth-order valence-corrected chi connectivity index (χ4v) is 4.51. The number of fused-ring (bicyclic) bond motifs is 3. The van der Waals surface area contributed by atoms with Gasteiger partial charge in [-0.05, 0) is 48.5 Å². The van der Waals surface area contributed by atoms with Crippen molar-refractivity contribution in [2.75, 3.05) is 5.73 Å². The molecular weight excluding hydrogens is 546 g/mol. The van der Waals surface area contributed by atoms with Crippen molar-refractivity contribution in [1.82, 2.24) is 34.9 Å². The number of nitrogens with one attached hydrogen (secondary N) is 1. The molecule has 7 aromatic heterocycles. The van der Waals surface area contributed by atoms with E-state index in [1.807, 2.05) is 30.3 Å². The lowest BCUT2D eigenvalue weighted by molar-refractivity contribution is 0.622. The quantitative estimate of drug-likeness (QED) is 0.240. The molecule has 8 nitrogen and oxygen atoms in total. The summed E-state index contributed by atoms with van der Waals surface area (Å²) in [5.41, 5.74) is 11.6. The molecule has 7 aromatic rings. The van der Waals surface area contributed by atoms with Crippen LogP contribution in [0.1, 0.15) is 0 Å². The van der Waals surface area contributed by atoms with Gasteiger partial charge in [-0.2, -0.15) is 0 Å². The maximum absolute atomic E-state index is 13.4. The molecule has 0 bridgehead atoms. The fraction of sp³-hybridized carbons (Fsp3) is 0. The van der Waals surface area contributed by atoms with E-state index in [0.717, 1.165) is 39.3 Å². The Bertz CT molecular complexity index is 2000. The summed E-state index contributed by atoms with van der Waals surface area (Å²) in [5, 5.41) is 2.04. The zero-order valence-corrected chi connectivity index (χ0v) is 21.9. The average molecular weight is 565 g/mol. The van der Waals surface area contributed by atoms with Crippen molar-refractivity contribution in [2.45, 2.75) is 0 Å². The van der Waals surface area contributed by atoms with Crippen molar-refractivity contribution in [2.24, 2.45) is 0 Å². The first-order valence-corrected chi connectivity index (χ1v) is 12.6. The van der Waals surface area contributed by atoms with Gasteiger partial charge < -0.3 is 10.7 Å². The second kappa shape index (κ2) is 11.0. The molecule has 0 aliphatic carbocycles. The third kappa shape index (κ3) is 5.41. The van der Waals surface area contributed by atoms with Gasteiger partial charge in [0.05, 0.1) is 40.5 Å². The van der Waals surface area contributed by atoms with E-state index in [2.05, 4.69) is 34.9 Å². The highest BCUT2D eigenvalue weighted by Crippen LogP contribution is 2.33. The van der Waals surface area contributed by atoms with E-state index in [-0.39, 0.29) is 11.6 Å². The third-order valence-corrected chi connectivity index (χ3v) is 6.55. The molecule has 0 radical (unpaired) electrons. The number of hydrogen-bond acceptors (Lipinski definition) is 7. The number of aromatic nitrogens is 7. The standard InChI is InChI=1S/C15H10ClFN4.C15H9FN4/c16-13-8-20-14(9-2-1-3-19-6-9)5-11(13)12-4-10(17)7-21-15(12)18;16-10-4-12-11-5-13(9-2-1-3-17-6-9)18-8-14(11)20-15(12)19-7-10/h1-8H,(H2,18,21);1-8H,(H,19,20). The summed E-state index contributed by atoms with van der Waals surface area (Å²) in [6.45, 7) is 0. The molecule has 3 N–H and O–H groups in total. The smallest absolute Gasteiger partial charge is 0.142 e. The number of nitrogen functional groups attached to an aromatic ring is 1. The van der Waals surface area contributed by atoms with Crippen LogP contribution in [0, 0.1) is 11.6 Å². The monoisotopic (exact) mass is 564 g/mol. The number of nitrogens with zero attached hydrogens (tertiary/aromatic N) is 6. The topological polar surface area (TPSA) is 119 Å². The first kappa shape index (κ1) is 25.9. The molecule has 7 rings (SSSR count). The van der Waals surface area contributed by atoms with E-state index in [1.165, 1.54) is 24.5 Å². The Labute approximate surface area is 237 Å². The molecule has 0 saturated carbocycles. The third-order valence-electron chi connectivity index (χ3n) is 6.25. The molecule has 200 valence electrons. The minimum atomic E-state index is -0.477. The lowest BCUT2D eigenvalue weighted by atomic mass is 10.0. The highest BCUT2D eigenvalue weighted by Gasteiger charge is 2.13. The Morgan fingerprint density at radius 2 is 1.32 bits per heavy atom. The number of anilines is 1. The lowest BCUT2D eigenvalue weighted by Crippen LogP contribution is -1.96. The molecule has 0 amide bonds. The van der Waals surface area contributed by atoms with Crippen molar-refractivity contribution in [3.05, 3.63) is 115 Å². The summed E-state index contributed by atoms with van der Waals surface area (Å²) in [5.74, 6) is -0.616. The number of pyridine rings is 6. The summed E-state index contributed by atoms with van der Waals surface area (Å²) in [4.78, 5) is 27.8. The maximum atomic E-state index is 13.4. The van der Waals surface area contributed by atoms with Crippen LogP contribution < -0.4 is 5.73 Å². The van der Waals surface area contributed by atoms with E-state index < -0.39 is 5.82 Å². The van der Waals surface area contributed by atoms with E-state index >= 15 is 0 Å². The highest BCUT2D eigenvalue weighted by atomic mass is 35.5. The minimum absolute atomic E-state index is 0.210. The summed E-state index contributed by atoms with van der Waals surface area (Å²) >= 11 is 6.16. The van der Waals surface area contributed by atoms with Crippen LogP contribution in [-0.4, -0.2) is 34.9 Å². The van der Waals surface area contributed by atoms with Crippen molar-refractivity contribution in [3.63, 3.8) is 0 Å². The maximum Gasteiger partial charge on any atom is 0.142 e. The number of rotatable bonds is 3. The second-order valence-electron chi connectivity index (χ2n) is 8.91. The van der Waals surface area contributed by atoms with Crippen LogP contribution in [0.4, 0.5) is 14.6 Å². The summed E-state index contributed by atoms with van der Waals surface area (Å²) in [7, 11) is 0. The number of hydrogen-bond donors (Lipinski definition) is 2. The molecule has 0 fully saturated rings. The molecule has 11 heteroatoms. The van der Waals surface area contributed by atoms with Crippen molar-refractivity contribution >= 4 is 39.4 Å². The largest absolute Gasteiger partial charge is 0.383 e. The zero-order chi connectivity index (χ0) is 28.3. The lowest BCUT2D eigenvalue weighted by Gasteiger charge is -2.09. The van der Waals surface area contributed by atoms with Crippen molar-refractivity contribution in [1.29, 1.82) is 0 Å². The molecule has 7 heterocycles. The van der Waals surface area contributed by atoms with Crippen LogP contribution in [-0.2, 0) is 0 Å². The van der Waals surface area contributed by atoms with Gasteiger partial charge in [0.25, 0.3) is 0 Å². The second-order valence-corrected chi connectivity index (χ2v) is 9.32.